The first kappa shape index (κ1) is 19.4. The van der Waals surface area contributed by atoms with Crippen LogP contribution in [0.1, 0.15) is 21.5 Å². The first-order valence-corrected chi connectivity index (χ1v) is 9.50. The molecule has 1 N–H and O–H groups in total. The van der Waals surface area contributed by atoms with Crippen LogP contribution in [0.25, 0.3) is 22.3 Å². The summed E-state index contributed by atoms with van der Waals surface area (Å²) in [4.78, 5) is 25.9. The number of hydrogen-bond donors (Lipinski definition) is 1. The number of nitrogens with zero attached hydrogens (tertiary/aromatic N) is 1. The molecule has 0 saturated heterocycles. The first-order valence-electron chi connectivity index (χ1n) is 9.12. The van der Waals surface area contributed by atoms with Gasteiger partial charge < -0.3 is 9.73 Å². The number of anilines is 1. The molecule has 30 heavy (non-hydrogen) atoms. The number of carbonyl (C=O) groups excluding carboxylic acids is 1. The van der Waals surface area contributed by atoms with E-state index in [0.717, 1.165) is 5.56 Å². The summed E-state index contributed by atoms with van der Waals surface area (Å²) in [6.45, 7) is 1.71. The van der Waals surface area contributed by atoms with Crippen LogP contribution in [-0.4, -0.2) is 5.91 Å². The average Bonchev–Trinajstić information content (AvgIpc) is 2.76. The molecule has 3 aromatic carbocycles. The highest BCUT2D eigenvalue weighted by atomic mass is 35.5. The molecule has 0 unspecified atom stereocenters. The minimum absolute atomic E-state index is 0.189. The molecule has 1 aromatic heterocycles. The molecule has 0 atom stereocenters. The van der Waals surface area contributed by atoms with Crippen molar-refractivity contribution in [3.8, 4) is 17.4 Å². The number of benzene rings is 3. The molecule has 4 rings (SSSR count). The van der Waals surface area contributed by atoms with Crippen molar-refractivity contribution in [1.29, 1.82) is 5.26 Å². The van der Waals surface area contributed by atoms with Crippen LogP contribution >= 0.6 is 11.6 Å². The van der Waals surface area contributed by atoms with Crippen molar-refractivity contribution in [2.45, 2.75) is 6.92 Å². The molecule has 0 fully saturated rings. The van der Waals surface area contributed by atoms with Gasteiger partial charge in [0.2, 0.25) is 0 Å². The molecule has 0 aliphatic carbocycles. The van der Waals surface area contributed by atoms with E-state index in [2.05, 4.69) is 5.32 Å². The van der Waals surface area contributed by atoms with Crippen molar-refractivity contribution in [3.63, 3.8) is 0 Å². The predicted octanol–water partition coefficient (Wildman–Crippen LogP) is 5.55. The summed E-state index contributed by atoms with van der Waals surface area (Å²) in [7, 11) is 0. The molecule has 0 bridgehead atoms. The molecule has 0 radical (unpaired) electrons. The minimum atomic E-state index is -0.451. The van der Waals surface area contributed by atoms with Crippen molar-refractivity contribution >= 4 is 34.2 Å². The second-order valence-corrected chi connectivity index (χ2v) is 7.10. The summed E-state index contributed by atoms with van der Waals surface area (Å²) in [5.74, 6) is -0.0258. The van der Waals surface area contributed by atoms with E-state index in [1.54, 1.807) is 31.2 Å². The van der Waals surface area contributed by atoms with Crippen LogP contribution in [0.2, 0.25) is 5.02 Å². The lowest BCUT2D eigenvalue weighted by Gasteiger charge is -2.11. The molecule has 0 saturated carbocycles. The number of halogens is 1. The van der Waals surface area contributed by atoms with Gasteiger partial charge in [0.05, 0.1) is 21.5 Å². The van der Waals surface area contributed by atoms with Crippen molar-refractivity contribution < 1.29 is 9.21 Å². The summed E-state index contributed by atoms with van der Waals surface area (Å²) >= 11 is 6.05. The van der Waals surface area contributed by atoms with E-state index < -0.39 is 5.91 Å². The van der Waals surface area contributed by atoms with Gasteiger partial charge in [0.15, 0.2) is 11.0 Å². The Kier molecular flexibility index (Phi) is 5.09. The van der Waals surface area contributed by atoms with Gasteiger partial charge in [-0.1, -0.05) is 48.0 Å². The van der Waals surface area contributed by atoms with Crippen molar-refractivity contribution in [3.05, 3.63) is 98.7 Å². The van der Waals surface area contributed by atoms with Crippen LogP contribution in [0.4, 0.5) is 5.69 Å². The molecule has 1 amide bonds. The number of amides is 1. The monoisotopic (exact) mass is 414 g/mol. The van der Waals surface area contributed by atoms with Gasteiger partial charge in [0.25, 0.3) is 5.91 Å². The van der Waals surface area contributed by atoms with E-state index in [0.29, 0.717) is 28.0 Å². The lowest BCUT2D eigenvalue weighted by molar-refractivity contribution is 0.102. The smallest absolute Gasteiger partial charge is 0.259 e. The Balaban J connectivity index is 1.82. The Bertz CT molecular complexity index is 1390. The van der Waals surface area contributed by atoms with E-state index in [1.165, 1.54) is 12.1 Å². The lowest BCUT2D eigenvalue weighted by Crippen LogP contribution is -2.15. The molecule has 0 aliphatic heterocycles. The van der Waals surface area contributed by atoms with Crippen molar-refractivity contribution in [1.82, 2.24) is 0 Å². The second-order valence-electron chi connectivity index (χ2n) is 6.69. The Hall–Kier alpha value is -3.88. The van der Waals surface area contributed by atoms with E-state index >= 15 is 0 Å². The zero-order valence-electron chi connectivity index (χ0n) is 15.9. The molecular formula is C24H15ClN2O3. The predicted molar refractivity (Wildman–Crippen MR) is 117 cm³/mol. The molecular weight excluding hydrogens is 400 g/mol. The van der Waals surface area contributed by atoms with E-state index in [-0.39, 0.29) is 21.6 Å². The van der Waals surface area contributed by atoms with Gasteiger partial charge in [-0.25, -0.2) is 0 Å². The molecule has 1 heterocycles. The number of nitrogens with one attached hydrogen (secondary N) is 1. The third-order valence-electron chi connectivity index (χ3n) is 4.77. The fourth-order valence-electron chi connectivity index (χ4n) is 3.24. The SMILES string of the molecule is Cc1c(-c2ccccc2)oc2c(C(=O)Nc3ccc(C#N)c(Cl)c3)cccc2c1=O. The Morgan fingerprint density at radius 2 is 1.83 bits per heavy atom. The van der Waals surface area contributed by atoms with Gasteiger partial charge in [-0.05, 0) is 37.3 Å². The average molecular weight is 415 g/mol. The number of hydrogen-bond acceptors (Lipinski definition) is 4. The van der Waals surface area contributed by atoms with Crippen LogP contribution in [0.15, 0.2) is 75.9 Å². The topological polar surface area (TPSA) is 83.1 Å². The Morgan fingerprint density at radius 1 is 1.07 bits per heavy atom. The standard InChI is InChI=1S/C24H15ClN2O3/c1-14-21(28)18-8-5-9-19(23(18)30-22(14)15-6-3-2-4-7-15)24(29)27-17-11-10-16(13-26)20(25)12-17/h2-12H,1H3,(H,27,29). The normalized spacial score (nSPS) is 10.6. The summed E-state index contributed by atoms with van der Waals surface area (Å²) in [5, 5.41) is 12.3. The fraction of sp³-hybridized carbons (Fsp3) is 0.0417. The Labute approximate surface area is 177 Å². The van der Waals surface area contributed by atoms with Crippen molar-refractivity contribution in [2.75, 3.05) is 5.32 Å². The molecule has 5 nitrogen and oxygen atoms in total. The van der Waals surface area contributed by atoms with Crippen LogP contribution in [-0.2, 0) is 0 Å². The number of nitriles is 1. The van der Waals surface area contributed by atoms with Crippen LogP contribution in [0.3, 0.4) is 0 Å². The number of para-hydroxylation sites is 1. The van der Waals surface area contributed by atoms with E-state index in [1.807, 2.05) is 36.4 Å². The fourth-order valence-corrected chi connectivity index (χ4v) is 3.46. The number of fused-ring (bicyclic) bond motifs is 1. The molecule has 146 valence electrons. The zero-order chi connectivity index (χ0) is 21.3. The van der Waals surface area contributed by atoms with E-state index in [4.69, 9.17) is 21.3 Å². The Morgan fingerprint density at radius 3 is 2.53 bits per heavy atom. The maximum atomic E-state index is 13.0. The highest BCUT2D eigenvalue weighted by Gasteiger charge is 2.18. The van der Waals surface area contributed by atoms with Crippen molar-refractivity contribution in [2.24, 2.45) is 0 Å². The molecule has 0 aliphatic rings. The van der Waals surface area contributed by atoms with Crippen LogP contribution in [0, 0.1) is 18.3 Å². The summed E-state index contributed by atoms with van der Waals surface area (Å²) < 4.78 is 6.08. The first-order chi connectivity index (χ1) is 14.5. The lowest BCUT2D eigenvalue weighted by atomic mass is 10.0. The largest absolute Gasteiger partial charge is 0.455 e. The van der Waals surface area contributed by atoms with E-state index in [9.17, 15) is 9.59 Å². The summed E-state index contributed by atoms with van der Waals surface area (Å²) in [5.41, 5.74) is 2.22. The van der Waals surface area contributed by atoms with Gasteiger partial charge in [-0.15, -0.1) is 0 Å². The highest BCUT2D eigenvalue weighted by molar-refractivity contribution is 6.32. The molecule has 6 heteroatoms. The molecule has 0 spiro atoms. The number of rotatable bonds is 3. The maximum absolute atomic E-state index is 13.0. The third kappa shape index (κ3) is 3.45. The van der Waals surface area contributed by atoms with Gasteiger partial charge >= 0.3 is 0 Å². The van der Waals surface area contributed by atoms with Crippen LogP contribution in [0.5, 0.6) is 0 Å². The summed E-state index contributed by atoms with van der Waals surface area (Å²) in [6, 6.07) is 20.7. The van der Waals surface area contributed by atoms with Gasteiger partial charge in [-0.3, -0.25) is 9.59 Å². The third-order valence-corrected chi connectivity index (χ3v) is 5.09. The van der Waals surface area contributed by atoms with Crippen LogP contribution < -0.4 is 10.7 Å². The maximum Gasteiger partial charge on any atom is 0.259 e. The quantitative estimate of drug-likeness (QED) is 0.476. The minimum Gasteiger partial charge on any atom is -0.455 e. The molecule has 4 aromatic rings. The number of carbonyl (C=O) groups is 1. The second kappa shape index (κ2) is 7.86. The summed E-state index contributed by atoms with van der Waals surface area (Å²) in [6.07, 6.45) is 0. The van der Waals surface area contributed by atoms with Gasteiger partial charge in [-0.2, -0.15) is 5.26 Å². The van der Waals surface area contributed by atoms with Gasteiger partial charge in [0, 0.05) is 16.8 Å². The highest BCUT2D eigenvalue weighted by Crippen LogP contribution is 2.28. The van der Waals surface area contributed by atoms with Gasteiger partial charge in [0.1, 0.15) is 11.8 Å². The zero-order valence-corrected chi connectivity index (χ0v) is 16.7.